The highest BCUT2D eigenvalue weighted by atomic mass is 19.1. The quantitative estimate of drug-likeness (QED) is 0.303. The molecule has 1 unspecified atom stereocenters. The van der Waals surface area contributed by atoms with Crippen LogP contribution in [0.5, 0.6) is 0 Å². The number of hydrogen-bond acceptors (Lipinski definition) is 4. The summed E-state index contributed by atoms with van der Waals surface area (Å²) in [5, 5.41) is 14.5. The monoisotopic (exact) mass is 269 g/mol. The zero-order valence-corrected chi connectivity index (χ0v) is 11.2. The van der Waals surface area contributed by atoms with E-state index in [4.69, 9.17) is 15.7 Å². The van der Waals surface area contributed by atoms with Crippen molar-refractivity contribution in [1.82, 2.24) is 5.32 Å². The number of ether oxygens (including phenoxy) is 1. The Hall–Kier alpha value is -1.66. The van der Waals surface area contributed by atoms with E-state index >= 15 is 0 Å². The summed E-state index contributed by atoms with van der Waals surface area (Å²) in [5.41, 5.74) is 5.96. The van der Waals surface area contributed by atoms with Gasteiger partial charge in [0.2, 0.25) is 0 Å². The Bertz CT molecular complexity index is 438. The molecule has 4 N–H and O–H groups in total. The molecule has 1 aromatic rings. The van der Waals surface area contributed by atoms with Crippen LogP contribution in [0.3, 0.4) is 0 Å². The third-order valence-corrected chi connectivity index (χ3v) is 2.66. The van der Waals surface area contributed by atoms with E-state index < -0.39 is 5.82 Å². The lowest BCUT2D eigenvalue weighted by Gasteiger charge is -2.13. The zero-order chi connectivity index (χ0) is 14.3. The summed E-state index contributed by atoms with van der Waals surface area (Å²) in [6.07, 6.45) is 0.0697. The number of nitrogens with one attached hydrogen (secondary N) is 1. The van der Waals surface area contributed by atoms with Gasteiger partial charge in [-0.1, -0.05) is 17.3 Å². The van der Waals surface area contributed by atoms with Crippen LogP contribution in [0.25, 0.3) is 0 Å². The summed E-state index contributed by atoms with van der Waals surface area (Å²) in [5.74, 6) is -0.712. The van der Waals surface area contributed by atoms with Gasteiger partial charge >= 0.3 is 0 Å². The first-order valence-corrected chi connectivity index (χ1v) is 6.17. The van der Waals surface area contributed by atoms with Gasteiger partial charge in [0.25, 0.3) is 0 Å². The summed E-state index contributed by atoms with van der Waals surface area (Å²) < 4.78 is 19.4. The van der Waals surface area contributed by atoms with E-state index in [-0.39, 0.29) is 17.5 Å². The van der Waals surface area contributed by atoms with E-state index in [0.717, 1.165) is 0 Å². The van der Waals surface area contributed by atoms with Gasteiger partial charge in [0.05, 0.1) is 11.7 Å². The summed E-state index contributed by atoms with van der Waals surface area (Å²) in [7, 11) is 0. The van der Waals surface area contributed by atoms with E-state index in [9.17, 15) is 4.39 Å². The first kappa shape index (κ1) is 15.4. The molecule has 5 nitrogen and oxygen atoms in total. The fraction of sp³-hybridized carbons (Fsp3) is 0.462. The number of benzene rings is 1. The first-order valence-electron chi connectivity index (χ1n) is 6.17. The zero-order valence-electron chi connectivity index (χ0n) is 11.2. The molecule has 0 bridgehead atoms. The van der Waals surface area contributed by atoms with Crippen LogP contribution in [0, 0.1) is 5.82 Å². The maximum atomic E-state index is 14.0. The van der Waals surface area contributed by atoms with E-state index in [1.54, 1.807) is 12.1 Å². The fourth-order valence-corrected chi connectivity index (χ4v) is 1.72. The van der Waals surface area contributed by atoms with Gasteiger partial charge in [0.15, 0.2) is 5.84 Å². The lowest BCUT2D eigenvalue weighted by atomic mass is 10.1. The molecular weight excluding hydrogens is 249 g/mol. The van der Waals surface area contributed by atoms with Gasteiger partial charge in [-0.2, -0.15) is 0 Å². The van der Waals surface area contributed by atoms with Gasteiger partial charge in [0, 0.05) is 25.3 Å². The number of nitrogens with two attached hydrogens (primary N) is 1. The first-order chi connectivity index (χ1) is 9.10. The molecule has 0 saturated heterocycles. The molecule has 0 spiro atoms. The molecule has 0 fully saturated rings. The smallest absolute Gasteiger partial charge is 0.173 e. The van der Waals surface area contributed by atoms with Crippen LogP contribution in [0.1, 0.15) is 25.0 Å². The Morgan fingerprint density at radius 1 is 1.58 bits per heavy atom. The Morgan fingerprint density at radius 2 is 2.32 bits per heavy atom. The number of rotatable bonds is 7. The molecule has 6 heteroatoms. The number of oxime groups is 1. The predicted molar refractivity (Wildman–Crippen MR) is 71.7 cm³/mol. The summed E-state index contributed by atoms with van der Waals surface area (Å²) in [6, 6.07) is 4.79. The average molecular weight is 269 g/mol. The summed E-state index contributed by atoms with van der Waals surface area (Å²) in [4.78, 5) is 0. The lowest BCUT2D eigenvalue weighted by molar-refractivity contribution is 0.0759. The third kappa shape index (κ3) is 4.50. The molecule has 0 aliphatic heterocycles. The molecule has 19 heavy (non-hydrogen) atoms. The average Bonchev–Trinajstić information content (AvgIpc) is 2.40. The molecule has 0 heterocycles. The van der Waals surface area contributed by atoms with E-state index in [1.807, 2.05) is 13.8 Å². The van der Waals surface area contributed by atoms with Crippen molar-refractivity contribution in [1.29, 1.82) is 0 Å². The molecule has 1 rings (SSSR count). The fourth-order valence-electron chi connectivity index (χ4n) is 1.72. The van der Waals surface area contributed by atoms with Gasteiger partial charge in [-0.25, -0.2) is 4.39 Å². The minimum absolute atomic E-state index is 0.0697. The van der Waals surface area contributed by atoms with Crippen LogP contribution in [0.4, 0.5) is 4.39 Å². The van der Waals surface area contributed by atoms with E-state index in [0.29, 0.717) is 25.3 Å². The van der Waals surface area contributed by atoms with Crippen molar-refractivity contribution in [3.63, 3.8) is 0 Å². The highest BCUT2D eigenvalue weighted by Gasteiger charge is 2.11. The summed E-state index contributed by atoms with van der Waals surface area (Å²) >= 11 is 0. The van der Waals surface area contributed by atoms with E-state index in [1.165, 1.54) is 6.07 Å². The molecule has 0 aliphatic carbocycles. The Kier molecular flexibility index (Phi) is 6.24. The standard InChI is InChI=1S/C13H20FN3O2/c1-3-19-9(2)7-16-8-10-5-4-6-11(12(10)14)13(15)17-18/h4-6,9,16,18H,3,7-8H2,1-2H3,(H2,15,17). The second-order valence-electron chi connectivity index (χ2n) is 4.16. The molecule has 0 amide bonds. The second kappa shape index (κ2) is 7.70. The minimum atomic E-state index is -0.477. The van der Waals surface area contributed by atoms with Crippen LogP contribution in [-0.4, -0.2) is 30.3 Å². The number of nitrogens with zero attached hydrogens (tertiary/aromatic N) is 1. The van der Waals surface area contributed by atoms with Crippen molar-refractivity contribution in [3.05, 3.63) is 35.1 Å². The normalized spacial score (nSPS) is 13.5. The highest BCUT2D eigenvalue weighted by molar-refractivity contribution is 5.97. The lowest BCUT2D eigenvalue weighted by Crippen LogP contribution is -2.27. The third-order valence-electron chi connectivity index (χ3n) is 2.66. The molecule has 106 valence electrons. The van der Waals surface area contributed by atoms with Crippen molar-refractivity contribution < 1.29 is 14.3 Å². The van der Waals surface area contributed by atoms with Crippen molar-refractivity contribution in [2.45, 2.75) is 26.5 Å². The largest absolute Gasteiger partial charge is 0.409 e. The molecule has 0 saturated carbocycles. The van der Waals surface area contributed by atoms with Crippen LogP contribution in [0.2, 0.25) is 0 Å². The minimum Gasteiger partial charge on any atom is -0.409 e. The molecule has 0 aromatic heterocycles. The number of halogens is 1. The van der Waals surface area contributed by atoms with Gasteiger partial charge in [-0.15, -0.1) is 0 Å². The maximum absolute atomic E-state index is 14.0. The highest BCUT2D eigenvalue weighted by Crippen LogP contribution is 2.12. The Balaban J connectivity index is 2.64. The second-order valence-corrected chi connectivity index (χ2v) is 4.16. The van der Waals surface area contributed by atoms with Crippen LogP contribution in [-0.2, 0) is 11.3 Å². The Labute approximate surface area is 112 Å². The molecule has 0 radical (unpaired) electrons. The molecule has 0 aliphatic rings. The van der Waals surface area contributed by atoms with Crippen LogP contribution < -0.4 is 11.1 Å². The molecule has 1 atom stereocenters. The van der Waals surface area contributed by atoms with Gasteiger partial charge < -0.3 is 21.0 Å². The van der Waals surface area contributed by atoms with Gasteiger partial charge in [-0.3, -0.25) is 0 Å². The van der Waals surface area contributed by atoms with Crippen molar-refractivity contribution >= 4 is 5.84 Å². The molecular formula is C13H20FN3O2. The maximum Gasteiger partial charge on any atom is 0.173 e. The number of hydrogen-bond donors (Lipinski definition) is 3. The Morgan fingerprint density at radius 3 is 2.95 bits per heavy atom. The van der Waals surface area contributed by atoms with Gasteiger partial charge in [0.1, 0.15) is 5.82 Å². The van der Waals surface area contributed by atoms with E-state index in [2.05, 4.69) is 10.5 Å². The summed E-state index contributed by atoms with van der Waals surface area (Å²) in [6.45, 7) is 5.50. The predicted octanol–water partition coefficient (Wildman–Crippen LogP) is 1.43. The SMILES string of the molecule is CCOC(C)CNCc1cccc(/C(N)=N/O)c1F. The van der Waals surface area contributed by atoms with Crippen molar-refractivity contribution in [2.24, 2.45) is 10.9 Å². The van der Waals surface area contributed by atoms with Gasteiger partial charge in [-0.05, 0) is 19.9 Å². The van der Waals surface area contributed by atoms with Crippen molar-refractivity contribution in [2.75, 3.05) is 13.2 Å². The topological polar surface area (TPSA) is 79.9 Å². The molecule has 1 aromatic carbocycles. The number of amidine groups is 1. The van der Waals surface area contributed by atoms with Crippen LogP contribution >= 0.6 is 0 Å². The van der Waals surface area contributed by atoms with Crippen molar-refractivity contribution in [3.8, 4) is 0 Å². The van der Waals surface area contributed by atoms with Crippen LogP contribution in [0.15, 0.2) is 23.4 Å².